The second-order valence-corrected chi connectivity index (χ2v) is 4.51. The van der Waals surface area contributed by atoms with Crippen LogP contribution in [0.1, 0.15) is 16.8 Å². The van der Waals surface area contributed by atoms with E-state index in [0.717, 1.165) is 0 Å². The number of ether oxygens (including phenoxy) is 2. The van der Waals surface area contributed by atoms with E-state index in [2.05, 4.69) is 0 Å². The van der Waals surface area contributed by atoms with Gasteiger partial charge >= 0.3 is 12.1 Å². The molecule has 2 rings (SSSR count). The van der Waals surface area contributed by atoms with Crippen molar-refractivity contribution in [3.8, 4) is 11.5 Å². The summed E-state index contributed by atoms with van der Waals surface area (Å²) < 4.78 is 47.5. The third-order valence-corrected chi connectivity index (χ3v) is 2.85. The van der Waals surface area contributed by atoms with Crippen molar-refractivity contribution in [1.29, 1.82) is 0 Å². The molecule has 22 heavy (non-hydrogen) atoms. The fourth-order valence-corrected chi connectivity index (χ4v) is 1.92. The number of alkyl halides is 3. The molecule has 0 saturated carbocycles. The summed E-state index contributed by atoms with van der Waals surface area (Å²) in [6, 6.07) is 2.24. The minimum Gasteiger partial charge on any atom is -0.486 e. The molecule has 2 N–H and O–H groups in total. The van der Waals surface area contributed by atoms with Crippen molar-refractivity contribution in [2.24, 2.45) is 0 Å². The number of aliphatic carboxylic acids is 1. The van der Waals surface area contributed by atoms with Crippen LogP contribution in [0.3, 0.4) is 0 Å². The zero-order chi connectivity index (χ0) is 16.3. The van der Waals surface area contributed by atoms with Crippen molar-refractivity contribution in [2.75, 3.05) is 13.2 Å². The SMILES string of the molecule is O=C(NC(CC(F)(F)F)C(=O)O)c1cccc2c1OCCO2. The maximum atomic E-state index is 12.3. The van der Waals surface area contributed by atoms with Gasteiger partial charge in [-0.05, 0) is 12.1 Å². The lowest BCUT2D eigenvalue weighted by Crippen LogP contribution is -2.43. The molecular weight excluding hydrogens is 307 g/mol. The molecule has 0 aromatic heterocycles. The van der Waals surface area contributed by atoms with Crippen LogP contribution in [0.4, 0.5) is 13.2 Å². The molecule has 1 amide bonds. The number of halogens is 3. The van der Waals surface area contributed by atoms with Gasteiger partial charge in [0.15, 0.2) is 11.5 Å². The molecular formula is C13H12F3NO5. The van der Waals surface area contributed by atoms with Crippen molar-refractivity contribution in [3.63, 3.8) is 0 Å². The van der Waals surface area contributed by atoms with Crippen LogP contribution in [0.2, 0.25) is 0 Å². The highest BCUT2D eigenvalue weighted by atomic mass is 19.4. The third kappa shape index (κ3) is 3.80. The monoisotopic (exact) mass is 319 g/mol. The molecule has 1 atom stereocenters. The number of nitrogens with one attached hydrogen (secondary N) is 1. The first-order valence-electron chi connectivity index (χ1n) is 6.27. The van der Waals surface area contributed by atoms with Gasteiger partial charge in [-0.1, -0.05) is 6.07 Å². The molecule has 1 unspecified atom stereocenters. The molecule has 6 nitrogen and oxygen atoms in total. The quantitative estimate of drug-likeness (QED) is 0.880. The molecule has 1 aromatic carbocycles. The predicted octanol–water partition coefficient (Wildman–Crippen LogP) is 1.59. The van der Waals surface area contributed by atoms with Crippen molar-refractivity contribution < 1.29 is 37.3 Å². The Bertz CT molecular complexity index is 588. The molecule has 1 aliphatic rings. The first kappa shape index (κ1) is 15.9. The topological polar surface area (TPSA) is 84.9 Å². The number of amides is 1. The number of carboxylic acid groups (broad SMARTS) is 1. The van der Waals surface area contributed by atoms with Crippen LogP contribution in [0.15, 0.2) is 18.2 Å². The smallest absolute Gasteiger partial charge is 0.391 e. The Labute approximate surface area is 122 Å². The summed E-state index contributed by atoms with van der Waals surface area (Å²) >= 11 is 0. The Hall–Kier alpha value is -2.45. The van der Waals surface area contributed by atoms with Gasteiger partial charge in [-0.15, -0.1) is 0 Å². The first-order chi connectivity index (χ1) is 10.3. The van der Waals surface area contributed by atoms with Crippen LogP contribution in [-0.2, 0) is 4.79 Å². The molecule has 0 fully saturated rings. The molecule has 0 aliphatic carbocycles. The number of benzene rings is 1. The maximum Gasteiger partial charge on any atom is 0.391 e. The van der Waals surface area contributed by atoms with Crippen LogP contribution in [0.5, 0.6) is 11.5 Å². The fraction of sp³-hybridized carbons (Fsp3) is 0.385. The molecule has 0 saturated heterocycles. The Balaban J connectivity index is 2.19. The lowest BCUT2D eigenvalue weighted by Gasteiger charge is -2.21. The number of carbonyl (C=O) groups is 2. The van der Waals surface area contributed by atoms with Gasteiger partial charge in [0.05, 0.1) is 12.0 Å². The van der Waals surface area contributed by atoms with Gasteiger partial charge < -0.3 is 19.9 Å². The van der Waals surface area contributed by atoms with Gasteiger partial charge in [-0.3, -0.25) is 4.79 Å². The summed E-state index contributed by atoms with van der Waals surface area (Å²) in [5, 5.41) is 10.6. The number of rotatable bonds is 4. The minimum absolute atomic E-state index is 0.0781. The van der Waals surface area contributed by atoms with Crippen LogP contribution >= 0.6 is 0 Å². The number of carboxylic acids is 1. The molecule has 1 aromatic rings. The van der Waals surface area contributed by atoms with Gasteiger partial charge in [0.2, 0.25) is 0 Å². The largest absolute Gasteiger partial charge is 0.486 e. The van der Waals surface area contributed by atoms with E-state index in [1.54, 1.807) is 0 Å². The molecule has 1 heterocycles. The van der Waals surface area contributed by atoms with E-state index >= 15 is 0 Å². The predicted molar refractivity (Wildman–Crippen MR) is 67.0 cm³/mol. The van der Waals surface area contributed by atoms with E-state index in [0.29, 0.717) is 0 Å². The van der Waals surface area contributed by atoms with E-state index in [-0.39, 0.29) is 30.3 Å². The Morgan fingerprint density at radius 2 is 1.95 bits per heavy atom. The maximum absolute atomic E-state index is 12.3. The zero-order valence-electron chi connectivity index (χ0n) is 11.1. The average molecular weight is 319 g/mol. The van der Waals surface area contributed by atoms with E-state index in [1.165, 1.54) is 18.2 Å². The van der Waals surface area contributed by atoms with Gasteiger partial charge in [0.1, 0.15) is 19.3 Å². The number of carbonyl (C=O) groups excluding carboxylic acids is 1. The number of hydrogen-bond acceptors (Lipinski definition) is 4. The number of hydrogen-bond donors (Lipinski definition) is 2. The second kappa shape index (κ2) is 6.12. The van der Waals surface area contributed by atoms with Crippen LogP contribution < -0.4 is 14.8 Å². The second-order valence-electron chi connectivity index (χ2n) is 4.51. The van der Waals surface area contributed by atoms with Crippen LogP contribution in [0, 0.1) is 0 Å². The summed E-state index contributed by atoms with van der Waals surface area (Å²) in [7, 11) is 0. The number of fused-ring (bicyclic) bond motifs is 1. The summed E-state index contributed by atoms with van der Waals surface area (Å²) in [6.45, 7) is 0.464. The lowest BCUT2D eigenvalue weighted by atomic mass is 10.1. The van der Waals surface area contributed by atoms with E-state index in [1.807, 2.05) is 5.32 Å². The highest BCUT2D eigenvalue weighted by Crippen LogP contribution is 2.33. The zero-order valence-corrected chi connectivity index (χ0v) is 11.1. The summed E-state index contributed by atoms with van der Waals surface area (Å²) in [6.07, 6.45) is -6.38. The number of para-hydroxylation sites is 1. The van der Waals surface area contributed by atoms with Crippen molar-refractivity contribution in [2.45, 2.75) is 18.6 Å². The molecule has 0 bridgehead atoms. The minimum atomic E-state index is -4.72. The van der Waals surface area contributed by atoms with Gasteiger partial charge in [-0.2, -0.15) is 13.2 Å². The average Bonchev–Trinajstić information content (AvgIpc) is 2.44. The van der Waals surface area contributed by atoms with E-state index < -0.39 is 30.5 Å². The molecule has 0 radical (unpaired) electrons. The van der Waals surface area contributed by atoms with Gasteiger partial charge in [0.25, 0.3) is 5.91 Å². The van der Waals surface area contributed by atoms with E-state index in [4.69, 9.17) is 14.6 Å². The Morgan fingerprint density at radius 3 is 2.59 bits per heavy atom. The normalized spacial score (nSPS) is 15.0. The van der Waals surface area contributed by atoms with Crippen LogP contribution in [0.25, 0.3) is 0 Å². The summed E-state index contributed by atoms with van der Waals surface area (Å²) in [5.74, 6) is -2.38. The highest BCUT2D eigenvalue weighted by molar-refractivity contribution is 5.99. The lowest BCUT2D eigenvalue weighted by molar-refractivity contribution is -0.157. The van der Waals surface area contributed by atoms with Gasteiger partial charge in [-0.25, -0.2) is 4.79 Å². The Kier molecular flexibility index (Phi) is 4.43. The Morgan fingerprint density at radius 1 is 1.27 bits per heavy atom. The molecule has 120 valence electrons. The first-order valence-corrected chi connectivity index (χ1v) is 6.27. The summed E-state index contributed by atoms with van der Waals surface area (Å²) in [4.78, 5) is 22.9. The molecule has 1 aliphatic heterocycles. The van der Waals surface area contributed by atoms with Crippen molar-refractivity contribution in [1.82, 2.24) is 5.32 Å². The van der Waals surface area contributed by atoms with Crippen molar-refractivity contribution in [3.05, 3.63) is 23.8 Å². The van der Waals surface area contributed by atoms with Crippen LogP contribution in [-0.4, -0.2) is 42.4 Å². The highest BCUT2D eigenvalue weighted by Gasteiger charge is 2.37. The molecule has 0 spiro atoms. The van der Waals surface area contributed by atoms with E-state index in [9.17, 15) is 22.8 Å². The van der Waals surface area contributed by atoms with Gasteiger partial charge in [0, 0.05) is 0 Å². The summed E-state index contributed by atoms with van der Waals surface area (Å²) in [5.41, 5.74) is -0.0781. The standard InChI is InChI=1S/C13H12F3NO5/c14-13(15,16)6-8(12(19)20)17-11(18)7-2-1-3-9-10(7)22-5-4-21-9/h1-3,8H,4-6H2,(H,17,18)(H,19,20). The molecule has 9 heteroatoms. The van der Waals surface area contributed by atoms with Crippen molar-refractivity contribution >= 4 is 11.9 Å². The fourth-order valence-electron chi connectivity index (χ4n) is 1.92. The third-order valence-electron chi connectivity index (χ3n) is 2.85.